The van der Waals surface area contributed by atoms with E-state index >= 15 is 0 Å². The molecule has 6 nitrogen and oxygen atoms in total. The number of hydrogen-bond donors (Lipinski definition) is 2. The van der Waals surface area contributed by atoms with Gasteiger partial charge in [-0.1, -0.05) is 103 Å². The van der Waals surface area contributed by atoms with Crippen molar-refractivity contribution >= 4 is 20.2 Å². The zero-order chi connectivity index (χ0) is 21.1. The lowest BCUT2D eigenvalue weighted by atomic mass is 10.0. The zero-order valence-electron chi connectivity index (χ0n) is 17.5. The Morgan fingerprint density at radius 1 is 0.321 bits per heavy atom. The molecule has 0 aliphatic carbocycles. The van der Waals surface area contributed by atoms with E-state index in [-0.39, 0.29) is 11.5 Å². The van der Waals surface area contributed by atoms with E-state index in [1.165, 1.54) is 64.2 Å². The first kappa shape index (κ1) is 27.8. The SMILES string of the molecule is O=S(=O)(O)CCCCCCCCCCCCCCCCCCCCS(=O)(=O)O. The highest BCUT2D eigenvalue weighted by molar-refractivity contribution is 7.86. The van der Waals surface area contributed by atoms with E-state index in [4.69, 9.17) is 9.11 Å². The fourth-order valence-corrected chi connectivity index (χ4v) is 4.54. The Hall–Kier alpha value is -0.180. The first-order valence-corrected chi connectivity index (χ1v) is 14.3. The van der Waals surface area contributed by atoms with Gasteiger partial charge in [-0.05, 0) is 12.8 Å². The average Bonchev–Trinajstić information content (AvgIpc) is 2.58. The fraction of sp³-hybridized carbons (Fsp3) is 1.00. The Labute approximate surface area is 173 Å². The summed E-state index contributed by atoms with van der Waals surface area (Å²) in [6.45, 7) is 0. The van der Waals surface area contributed by atoms with Gasteiger partial charge in [0.2, 0.25) is 0 Å². The average molecular weight is 443 g/mol. The van der Waals surface area contributed by atoms with Gasteiger partial charge in [0.05, 0.1) is 11.5 Å². The molecular formula is C20H42O6S2. The first-order valence-electron chi connectivity index (χ1n) is 11.1. The van der Waals surface area contributed by atoms with Crippen LogP contribution in [-0.2, 0) is 20.2 Å². The molecule has 0 aliphatic rings. The van der Waals surface area contributed by atoms with Crippen LogP contribution in [0, 0.1) is 0 Å². The quantitative estimate of drug-likeness (QED) is 0.172. The molecule has 8 heteroatoms. The van der Waals surface area contributed by atoms with Crippen molar-refractivity contribution in [3.63, 3.8) is 0 Å². The van der Waals surface area contributed by atoms with Gasteiger partial charge in [0.25, 0.3) is 20.2 Å². The van der Waals surface area contributed by atoms with Crippen molar-refractivity contribution in [1.82, 2.24) is 0 Å². The van der Waals surface area contributed by atoms with Crippen molar-refractivity contribution in [2.75, 3.05) is 11.5 Å². The van der Waals surface area contributed by atoms with Crippen LogP contribution in [0.15, 0.2) is 0 Å². The van der Waals surface area contributed by atoms with Crippen molar-refractivity contribution in [3.8, 4) is 0 Å². The predicted molar refractivity (Wildman–Crippen MR) is 116 cm³/mol. The van der Waals surface area contributed by atoms with Gasteiger partial charge < -0.3 is 0 Å². The van der Waals surface area contributed by atoms with Crippen molar-refractivity contribution in [1.29, 1.82) is 0 Å². The topological polar surface area (TPSA) is 109 Å². The number of rotatable bonds is 21. The van der Waals surface area contributed by atoms with Gasteiger partial charge in [-0.25, -0.2) is 0 Å². The lowest BCUT2D eigenvalue weighted by Crippen LogP contribution is -2.03. The van der Waals surface area contributed by atoms with E-state index in [0.29, 0.717) is 12.8 Å². The van der Waals surface area contributed by atoms with Gasteiger partial charge in [0.15, 0.2) is 0 Å². The molecule has 0 spiro atoms. The highest BCUT2D eigenvalue weighted by Crippen LogP contribution is 2.14. The molecule has 0 aromatic rings. The molecule has 0 unspecified atom stereocenters. The van der Waals surface area contributed by atoms with E-state index in [1.54, 1.807) is 0 Å². The standard InChI is InChI=1S/C20H42O6S2/c21-27(22,23)19-17-15-13-11-9-7-5-3-1-2-4-6-8-10-12-14-16-18-20-28(24,25)26/h1-20H2,(H,21,22,23)(H,24,25,26). The smallest absolute Gasteiger partial charge is 0.264 e. The Balaban J connectivity index is 3.10. The third-order valence-corrected chi connectivity index (χ3v) is 6.66. The second-order valence-corrected chi connectivity index (χ2v) is 11.1. The third kappa shape index (κ3) is 25.8. The second kappa shape index (κ2) is 17.7. The Morgan fingerprint density at radius 2 is 0.464 bits per heavy atom. The highest BCUT2D eigenvalue weighted by Gasteiger charge is 2.03. The van der Waals surface area contributed by atoms with E-state index in [0.717, 1.165) is 38.5 Å². The van der Waals surface area contributed by atoms with Crippen LogP contribution in [0.2, 0.25) is 0 Å². The summed E-state index contributed by atoms with van der Waals surface area (Å²) in [5, 5.41) is 0. The molecule has 0 saturated heterocycles. The van der Waals surface area contributed by atoms with Gasteiger partial charge in [-0.2, -0.15) is 16.8 Å². The third-order valence-electron chi connectivity index (χ3n) is 5.05. The summed E-state index contributed by atoms with van der Waals surface area (Å²) in [7, 11) is -7.56. The van der Waals surface area contributed by atoms with Crippen molar-refractivity contribution in [3.05, 3.63) is 0 Å². The molecule has 0 radical (unpaired) electrons. The minimum Gasteiger partial charge on any atom is -0.286 e. The van der Waals surface area contributed by atoms with Gasteiger partial charge in [0, 0.05) is 0 Å². The second-order valence-electron chi connectivity index (χ2n) is 7.94. The zero-order valence-corrected chi connectivity index (χ0v) is 19.1. The van der Waals surface area contributed by atoms with Crippen molar-refractivity contribution in [2.24, 2.45) is 0 Å². The summed E-state index contributed by atoms with van der Waals surface area (Å²) in [4.78, 5) is 0. The minimum absolute atomic E-state index is 0.107. The summed E-state index contributed by atoms with van der Waals surface area (Å²) in [5.74, 6) is -0.214. The summed E-state index contributed by atoms with van der Waals surface area (Å²) in [6.07, 6.45) is 20.0. The molecule has 0 amide bonds. The summed E-state index contributed by atoms with van der Waals surface area (Å²) >= 11 is 0. The van der Waals surface area contributed by atoms with Crippen LogP contribution in [0.4, 0.5) is 0 Å². The molecule has 0 atom stereocenters. The predicted octanol–water partition coefficient (Wildman–Crippen LogP) is 5.78. The minimum atomic E-state index is -3.78. The van der Waals surface area contributed by atoms with Crippen LogP contribution in [-0.4, -0.2) is 37.4 Å². The Morgan fingerprint density at radius 3 is 0.607 bits per heavy atom. The molecule has 0 aromatic heterocycles. The van der Waals surface area contributed by atoms with Crippen LogP contribution < -0.4 is 0 Å². The Bertz CT molecular complexity index is 493. The molecular weight excluding hydrogens is 400 g/mol. The number of hydrogen-bond acceptors (Lipinski definition) is 4. The maximum atomic E-state index is 10.6. The van der Waals surface area contributed by atoms with Crippen molar-refractivity contribution < 1.29 is 25.9 Å². The van der Waals surface area contributed by atoms with E-state index in [1.807, 2.05) is 0 Å². The van der Waals surface area contributed by atoms with Crippen LogP contribution in [0.1, 0.15) is 116 Å². The molecule has 0 rings (SSSR count). The summed E-state index contributed by atoms with van der Waals surface area (Å²) in [5.41, 5.74) is 0. The molecule has 0 heterocycles. The van der Waals surface area contributed by atoms with E-state index in [9.17, 15) is 16.8 Å². The van der Waals surface area contributed by atoms with E-state index < -0.39 is 20.2 Å². The molecule has 0 saturated carbocycles. The monoisotopic (exact) mass is 442 g/mol. The van der Waals surface area contributed by atoms with Crippen LogP contribution >= 0.6 is 0 Å². The lowest BCUT2D eigenvalue weighted by Gasteiger charge is -2.04. The first-order chi connectivity index (χ1) is 13.2. The van der Waals surface area contributed by atoms with Gasteiger partial charge >= 0.3 is 0 Å². The maximum absolute atomic E-state index is 10.6. The van der Waals surface area contributed by atoms with E-state index in [2.05, 4.69) is 0 Å². The largest absolute Gasteiger partial charge is 0.286 e. The van der Waals surface area contributed by atoms with Crippen LogP contribution in [0.3, 0.4) is 0 Å². The van der Waals surface area contributed by atoms with Crippen molar-refractivity contribution in [2.45, 2.75) is 116 Å². The molecule has 2 N–H and O–H groups in total. The molecule has 0 aliphatic heterocycles. The van der Waals surface area contributed by atoms with Crippen LogP contribution in [0.25, 0.3) is 0 Å². The Kier molecular flexibility index (Phi) is 17.5. The van der Waals surface area contributed by atoms with Gasteiger partial charge in [-0.3, -0.25) is 9.11 Å². The highest BCUT2D eigenvalue weighted by atomic mass is 32.2. The molecule has 0 bridgehead atoms. The number of unbranched alkanes of at least 4 members (excludes halogenated alkanes) is 17. The molecule has 0 aromatic carbocycles. The maximum Gasteiger partial charge on any atom is 0.264 e. The fourth-order valence-electron chi connectivity index (χ4n) is 3.40. The summed E-state index contributed by atoms with van der Waals surface area (Å²) in [6, 6.07) is 0. The van der Waals surface area contributed by atoms with Gasteiger partial charge in [0.1, 0.15) is 0 Å². The van der Waals surface area contributed by atoms with Gasteiger partial charge in [-0.15, -0.1) is 0 Å². The van der Waals surface area contributed by atoms with Crippen LogP contribution in [0.5, 0.6) is 0 Å². The lowest BCUT2D eigenvalue weighted by molar-refractivity contribution is 0.475. The summed E-state index contributed by atoms with van der Waals surface area (Å²) < 4.78 is 59.6. The molecule has 170 valence electrons. The normalized spacial score (nSPS) is 12.5. The molecule has 0 fully saturated rings. The molecule has 28 heavy (non-hydrogen) atoms.